The summed E-state index contributed by atoms with van der Waals surface area (Å²) in [5.41, 5.74) is 2.88. The fourth-order valence-corrected chi connectivity index (χ4v) is 3.03. The van der Waals surface area contributed by atoms with Gasteiger partial charge >= 0.3 is 11.8 Å². The number of nitrogens with one attached hydrogen (secondary N) is 2. The Balaban J connectivity index is 1.42. The summed E-state index contributed by atoms with van der Waals surface area (Å²) in [5.74, 6) is -1.80. The van der Waals surface area contributed by atoms with Crippen LogP contribution in [-0.2, 0) is 14.4 Å². The maximum atomic E-state index is 12.3. The Kier molecular flexibility index (Phi) is 6.26. The Bertz CT molecular complexity index is 828. The molecule has 2 aromatic rings. The molecule has 3 rings (SSSR count). The van der Waals surface area contributed by atoms with Gasteiger partial charge in [0.25, 0.3) is 0 Å². The number of anilines is 2. The van der Waals surface area contributed by atoms with Crippen molar-refractivity contribution in [3.63, 3.8) is 0 Å². The number of carbonyl (C=O) groups excluding carboxylic acids is 3. The molecular weight excluding hydrogens is 356 g/mol. The fraction of sp³-hybridized carbons (Fsp3) is 0.286. The minimum absolute atomic E-state index is 0.189. The summed E-state index contributed by atoms with van der Waals surface area (Å²) >= 11 is 0. The molecule has 7 nitrogen and oxygen atoms in total. The Morgan fingerprint density at radius 3 is 2.14 bits per heavy atom. The molecule has 3 amide bonds. The van der Waals surface area contributed by atoms with Crippen molar-refractivity contribution in [3.8, 4) is 0 Å². The molecule has 0 radical (unpaired) electrons. The second kappa shape index (κ2) is 9.03. The fourth-order valence-electron chi connectivity index (χ4n) is 3.03. The van der Waals surface area contributed by atoms with E-state index in [1.54, 1.807) is 29.2 Å². The summed E-state index contributed by atoms with van der Waals surface area (Å²) in [6.07, 6.45) is 0. The van der Waals surface area contributed by atoms with Gasteiger partial charge < -0.3 is 20.4 Å². The van der Waals surface area contributed by atoms with E-state index in [1.807, 2.05) is 6.07 Å². The number of nitrogens with zero attached hydrogens (tertiary/aromatic N) is 2. The maximum absolute atomic E-state index is 12.3. The zero-order chi connectivity index (χ0) is 19.9. The molecule has 1 saturated heterocycles. The lowest BCUT2D eigenvalue weighted by atomic mass is 10.2. The lowest BCUT2D eigenvalue weighted by Gasteiger charge is -2.36. The second-order valence-electron chi connectivity index (χ2n) is 6.71. The van der Waals surface area contributed by atoms with Gasteiger partial charge in [0.2, 0.25) is 5.91 Å². The van der Waals surface area contributed by atoms with Crippen LogP contribution in [0.1, 0.15) is 5.56 Å². The van der Waals surface area contributed by atoms with Crippen LogP contribution in [0.3, 0.4) is 0 Å². The van der Waals surface area contributed by atoms with E-state index in [4.69, 9.17) is 0 Å². The Labute approximate surface area is 164 Å². The van der Waals surface area contributed by atoms with E-state index in [0.717, 1.165) is 18.8 Å². The number of para-hydroxylation sites is 1. The number of hydrogen-bond acceptors (Lipinski definition) is 4. The first kappa shape index (κ1) is 19.4. The first-order valence-corrected chi connectivity index (χ1v) is 9.26. The predicted octanol–water partition coefficient (Wildman–Crippen LogP) is 1.40. The number of benzene rings is 2. The number of rotatable bonds is 4. The van der Waals surface area contributed by atoms with Crippen LogP contribution in [0, 0.1) is 6.92 Å². The highest BCUT2D eigenvalue weighted by Gasteiger charge is 2.22. The Hall–Kier alpha value is -3.35. The lowest BCUT2D eigenvalue weighted by Crippen LogP contribution is -2.51. The van der Waals surface area contributed by atoms with E-state index in [9.17, 15) is 14.4 Å². The van der Waals surface area contributed by atoms with Crippen LogP contribution in [0.4, 0.5) is 11.4 Å². The van der Waals surface area contributed by atoms with Crippen LogP contribution in [0.2, 0.25) is 0 Å². The highest BCUT2D eigenvalue weighted by molar-refractivity contribution is 6.39. The third-order valence-corrected chi connectivity index (χ3v) is 4.67. The first-order chi connectivity index (χ1) is 13.5. The first-order valence-electron chi connectivity index (χ1n) is 9.26. The minimum Gasteiger partial charge on any atom is -0.368 e. The third-order valence-electron chi connectivity index (χ3n) is 4.67. The van der Waals surface area contributed by atoms with Crippen molar-refractivity contribution in [1.82, 2.24) is 10.2 Å². The van der Waals surface area contributed by atoms with Gasteiger partial charge in [0.15, 0.2) is 0 Å². The summed E-state index contributed by atoms with van der Waals surface area (Å²) in [4.78, 5) is 40.0. The van der Waals surface area contributed by atoms with E-state index in [1.165, 1.54) is 5.56 Å². The van der Waals surface area contributed by atoms with Crippen LogP contribution in [0.15, 0.2) is 54.6 Å². The highest BCUT2D eigenvalue weighted by atomic mass is 16.2. The predicted molar refractivity (Wildman–Crippen MR) is 108 cm³/mol. The molecule has 0 saturated carbocycles. The number of amides is 3. The molecule has 28 heavy (non-hydrogen) atoms. The van der Waals surface area contributed by atoms with Crippen LogP contribution in [-0.4, -0.2) is 55.3 Å². The van der Waals surface area contributed by atoms with Crippen LogP contribution in [0.25, 0.3) is 0 Å². The molecule has 0 atom stereocenters. The molecule has 2 aromatic carbocycles. The van der Waals surface area contributed by atoms with Gasteiger partial charge in [0.05, 0.1) is 6.54 Å². The number of hydrogen-bond donors (Lipinski definition) is 2. The largest absolute Gasteiger partial charge is 0.368 e. The van der Waals surface area contributed by atoms with Gasteiger partial charge in [-0.3, -0.25) is 14.4 Å². The summed E-state index contributed by atoms with van der Waals surface area (Å²) in [7, 11) is 0. The SMILES string of the molecule is Cc1ccc(N2CCN(C(=O)CNC(=O)C(=O)Nc3ccccc3)CC2)cc1. The van der Waals surface area contributed by atoms with Gasteiger partial charge in [-0.2, -0.15) is 0 Å². The van der Waals surface area contributed by atoms with Gasteiger partial charge in [0.1, 0.15) is 0 Å². The molecule has 0 aromatic heterocycles. The van der Waals surface area contributed by atoms with E-state index in [0.29, 0.717) is 18.8 Å². The molecule has 0 aliphatic carbocycles. The van der Waals surface area contributed by atoms with E-state index in [2.05, 4.69) is 46.7 Å². The monoisotopic (exact) mass is 380 g/mol. The van der Waals surface area contributed by atoms with Crippen LogP contribution >= 0.6 is 0 Å². The summed E-state index contributed by atoms with van der Waals surface area (Å²) in [5, 5.41) is 4.88. The molecule has 0 unspecified atom stereocenters. The average Bonchev–Trinajstić information content (AvgIpc) is 2.73. The smallest absolute Gasteiger partial charge is 0.313 e. The average molecular weight is 380 g/mol. The van der Waals surface area contributed by atoms with Crippen molar-refractivity contribution in [2.24, 2.45) is 0 Å². The van der Waals surface area contributed by atoms with Crippen molar-refractivity contribution in [1.29, 1.82) is 0 Å². The summed E-state index contributed by atoms with van der Waals surface area (Å²) in [6.45, 7) is 4.49. The molecule has 1 aliphatic rings. The summed E-state index contributed by atoms with van der Waals surface area (Å²) < 4.78 is 0. The quantitative estimate of drug-likeness (QED) is 0.786. The molecule has 1 fully saturated rings. The number of piperazine rings is 1. The van der Waals surface area contributed by atoms with Gasteiger partial charge in [-0.15, -0.1) is 0 Å². The van der Waals surface area contributed by atoms with Gasteiger partial charge in [0, 0.05) is 37.6 Å². The number of carbonyl (C=O) groups is 3. The molecule has 1 aliphatic heterocycles. The normalized spacial score (nSPS) is 13.8. The molecule has 2 N–H and O–H groups in total. The van der Waals surface area contributed by atoms with Crippen molar-refractivity contribution in [2.75, 3.05) is 42.9 Å². The summed E-state index contributed by atoms with van der Waals surface area (Å²) in [6, 6.07) is 17.0. The van der Waals surface area contributed by atoms with Gasteiger partial charge in [-0.25, -0.2) is 0 Å². The third kappa shape index (κ3) is 5.09. The Morgan fingerprint density at radius 2 is 1.50 bits per heavy atom. The molecule has 0 spiro atoms. The van der Waals surface area contributed by atoms with Crippen molar-refractivity contribution in [3.05, 3.63) is 60.2 Å². The minimum atomic E-state index is -0.824. The van der Waals surface area contributed by atoms with E-state index >= 15 is 0 Å². The van der Waals surface area contributed by atoms with Crippen LogP contribution in [0.5, 0.6) is 0 Å². The number of aryl methyl sites for hydroxylation is 1. The van der Waals surface area contributed by atoms with Gasteiger partial charge in [-0.05, 0) is 31.2 Å². The van der Waals surface area contributed by atoms with E-state index in [-0.39, 0.29) is 12.5 Å². The molecule has 1 heterocycles. The topological polar surface area (TPSA) is 81.8 Å². The lowest BCUT2D eigenvalue weighted by molar-refractivity contribution is -0.138. The molecule has 0 bridgehead atoms. The molecule has 7 heteroatoms. The molecule has 146 valence electrons. The zero-order valence-electron chi connectivity index (χ0n) is 15.9. The zero-order valence-corrected chi connectivity index (χ0v) is 15.9. The maximum Gasteiger partial charge on any atom is 0.313 e. The highest BCUT2D eigenvalue weighted by Crippen LogP contribution is 2.17. The van der Waals surface area contributed by atoms with Crippen LogP contribution < -0.4 is 15.5 Å². The van der Waals surface area contributed by atoms with Crippen molar-refractivity contribution >= 4 is 29.1 Å². The molecular formula is C21H24N4O3. The van der Waals surface area contributed by atoms with Gasteiger partial charge in [-0.1, -0.05) is 35.9 Å². The van der Waals surface area contributed by atoms with Crippen molar-refractivity contribution < 1.29 is 14.4 Å². The standard InChI is InChI=1S/C21H24N4O3/c1-16-7-9-18(10-8-16)24-11-13-25(14-12-24)19(26)15-22-20(27)21(28)23-17-5-3-2-4-6-17/h2-10H,11-15H2,1H3,(H,22,27)(H,23,28). The Morgan fingerprint density at radius 1 is 0.857 bits per heavy atom. The van der Waals surface area contributed by atoms with Crippen molar-refractivity contribution in [2.45, 2.75) is 6.92 Å². The van der Waals surface area contributed by atoms with E-state index < -0.39 is 11.8 Å². The second-order valence-corrected chi connectivity index (χ2v) is 6.71.